The van der Waals surface area contributed by atoms with Crippen LogP contribution in [0.5, 0.6) is 0 Å². The molecule has 2 aliphatic carbocycles. The van der Waals surface area contributed by atoms with Crippen LogP contribution in [0.25, 0.3) is 10.8 Å². The summed E-state index contributed by atoms with van der Waals surface area (Å²) in [6.45, 7) is 18.9. The number of methoxy groups -OCH3 is 7. The number of rotatable bonds is 8. The molecule has 0 radical (unpaired) electrons. The van der Waals surface area contributed by atoms with Crippen molar-refractivity contribution in [1.82, 2.24) is 0 Å². The van der Waals surface area contributed by atoms with Crippen molar-refractivity contribution in [3.05, 3.63) is 84.9 Å². The molecule has 0 amide bonds. The van der Waals surface area contributed by atoms with Crippen molar-refractivity contribution >= 4 is 108 Å². The van der Waals surface area contributed by atoms with Gasteiger partial charge in [-0.25, -0.2) is 0 Å². The van der Waals surface area contributed by atoms with Crippen molar-refractivity contribution in [3.8, 4) is 0 Å². The fourth-order valence-electron chi connectivity index (χ4n) is 4.73. The van der Waals surface area contributed by atoms with Crippen molar-refractivity contribution < 1.29 is 135 Å². The minimum absolute atomic E-state index is 0.0735. The maximum Gasteiger partial charge on any atom is 0.311 e. The summed E-state index contributed by atoms with van der Waals surface area (Å²) in [6, 6.07) is 28.7. The summed E-state index contributed by atoms with van der Waals surface area (Å²) in [4.78, 5) is 155. The molecule has 2 aliphatic rings. The van der Waals surface area contributed by atoms with Crippen LogP contribution in [0.1, 0.15) is 129 Å². The van der Waals surface area contributed by atoms with Crippen LogP contribution in [0, 0.1) is 17.8 Å². The van der Waals surface area contributed by atoms with Gasteiger partial charge in [0.2, 0.25) is 0 Å². The lowest BCUT2D eigenvalue weighted by Gasteiger charge is -2.44. The van der Waals surface area contributed by atoms with E-state index in [2.05, 4.69) is 86.4 Å². The number of aliphatic carboxylic acids is 4. The van der Waals surface area contributed by atoms with E-state index < -0.39 is 59.5 Å². The third-order valence-corrected chi connectivity index (χ3v) is 7.90. The monoisotopic (exact) mass is 1290 g/mol. The van der Waals surface area contributed by atoms with E-state index in [1.54, 1.807) is 0 Å². The first-order valence-electron chi connectivity index (χ1n) is 26.2. The quantitative estimate of drug-likeness (QED) is 0.0940. The third-order valence-electron chi connectivity index (χ3n) is 7.90. The molecule has 4 unspecified atom stereocenters. The molecule has 5 rings (SSSR count). The van der Waals surface area contributed by atoms with Gasteiger partial charge in [0, 0.05) is 41.5 Å². The molecule has 0 aromatic heterocycles. The van der Waals surface area contributed by atoms with Crippen molar-refractivity contribution in [2.24, 2.45) is 17.8 Å². The number of hydrogen-bond donors (Lipinski definition) is 4. The molecule has 3 aromatic carbocycles. The Balaban J connectivity index is -0.0000000850. The maximum absolute atomic E-state index is 11.4. The molecule has 2 fully saturated rings. The number of carbonyl (C=O) groups is 16. The number of benzene rings is 3. The molecular formula is C62H98O28. The summed E-state index contributed by atoms with van der Waals surface area (Å²) in [6.07, 6.45) is 7.90. The number of esters is 4. The molecule has 3 aromatic rings. The predicted octanol–water partition coefficient (Wildman–Crippen LogP) is 8.07. The van der Waals surface area contributed by atoms with Gasteiger partial charge in [0.05, 0.1) is 61.6 Å². The number of ketones is 4. The lowest BCUT2D eigenvalue weighted by atomic mass is 9.60. The highest BCUT2D eigenvalue weighted by molar-refractivity contribution is 5.93. The zero-order valence-corrected chi connectivity index (χ0v) is 55.5. The van der Waals surface area contributed by atoms with Crippen LogP contribution in [0.15, 0.2) is 84.9 Å². The normalized spacial score (nSPS) is 12.6. The molecule has 90 heavy (non-hydrogen) atoms. The standard InChI is InChI=1S/C10H12O7.C10H8.C6H12.C6H6.3C3H6O2.3C3H6O.6C2H4O2/c1-4(12)5-6(10(15)16-2)7(9(13)14)8(5)17-3-11;1-2-6-10-8-4-3-7-9(10)5-1;2*1-2-4-6-5-3-1;3*1-3(4)5-2;3*1-3(2)4;3*1-4-2-3;3*1-2(3)4/h3,5-8H,1-2H3,(H,13,14);1-8H;1-6H2;1-6H;3*1-2H3;3*1-2H3;3*2H,1H3;3*1H3,(H,3,4). The summed E-state index contributed by atoms with van der Waals surface area (Å²) in [5.41, 5.74) is 0. The maximum atomic E-state index is 11.4. The third kappa shape index (κ3) is 120. The largest absolute Gasteiger partial charge is 0.481 e. The first-order chi connectivity index (χ1) is 41.9. The van der Waals surface area contributed by atoms with Crippen LogP contribution < -0.4 is 0 Å². The van der Waals surface area contributed by atoms with E-state index in [1.165, 1.54) is 161 Å². The Morgan fingerprint density at radius 3 is 0.656 bits per heavy atom. The second-order valence-corrected chi connectivity index (χ2v) is 16.7. The number of Topliss-reactive ketones (excluding diaryl/α,β-unsaturated/α-hetero) is 4. The average molecular weight is 1290 g/mol. The van der Waals surface area contributed by atoms with Gasteiger partial charge in [-0.1, -0.05) is 123 Å². The molecule has 0 bridgehead atoms. The lowest BCUT2D eigenvalue weighted by molar-refractivity contribution is -0.195. The highest BCUT2D eigenvalue weighted by Gasteiger charge is 2.62. The Hall–Kier alpha value is -9.76. The molecule has 4 N–H and O–H groups in total. The van der Waals surface area contributed by atoms with E-state index >= 15 is 0 Å². The molecule has 514 valence electrons. The van der Waals surface area contributed by atoms with Gasteiger partial charge in [0.15, 0.2) is 0 Å². The van der Waals surface area contributed by atoms with E-state index in [4.69, 9.17) is 49.2 Å². The van der Waals surface area contributed by atoms with Gasteiger partial charge in [-0.05, 0) is 59.2 Å². The molecule has 0 spiro atoms. The smallest absolute Gasteiger partial charge is 0.311 e. The molecular weight excluding hydrogens is 1190 g/mol. The Bertz CT molecular complexity index is 2040. The van der Waals surface area contributed by atoms with E-state index in [0.717, 1.165) is 27.9 Å². The summed E-state index contributed by atoms with van der Waals surface area (Å²) in [5, 5.41) is 33.8. The topological polar surface area (TPSA) is 428 Å². The molecule has 0 saturated heterocycles. The van der Waals surface area contributed by atoms with E-state index in [-0.39, 0.29) is 41.7 Å². The van der Waals surface area contributed by atoms with Gasteiger partial charge >= 0.3 is 29.8 Å². The molecule has 0 aliphatic heterocycles. The molecule has 28 nitrogen and oxygen atoms in total. The van der Waals surface area contributed by atoms with Crippen LogP contribution in [0.3, 0.4) is 0 Å². The van der Waals surface area contributed by atoms with Crippen LogP contribution in [-0.2, 0) is 115 Å². The summed E-state index contributed by atoms with van der Waals surface area (Å²) in [7, 11) is 9.09. The summed E-state index contributed by atoms with van der Waals surface area (Å²) in [5.74, 6) is -8.52. The van der Waals surface area contributed by atoms with E-state index in [0.29, 0.717) is 19.4 Å². The zero-order valence-electron chi connectivity index (χ0n) is 55.5. The Morgan fingerprint density at radius 1 is 0.344 bits per heavy atom. The average Bonchev–Trinajstić information content (AvgIpc) is 0.757. The Morgan fingerprint density at radius 2 is 0.533 bits per heavy atom. The van der Waals surface area contributed by atoms with Crippen molar-refractivity contribution in [2.75, 3.05) is 49.8 Å². The number of ether oxygens (including phenoxy) is 8. The molecule has 2 saturated carbocycles. The fourth-order valence-corrected chi connectivity index (χ4v) is 4.73. The van der Waals surface area contributed by atoms with Gasteiger partial charge in [-0.15, -0.1) is 0 Å². The molecule has 28 heteroatoms. The minimum Gasteiger partial charge on any atom is -0.481 e. The minimum atomic E-state index is -1.30. The summed E-state index contributed by atoms with van der Waals surface area (Å²) >= 11 is 0. The second kappa shape index (κ2) is 83.5. The highest BCUT2D eigenvalue weighted by atomic mass is 16.5. The van der Waals surface area contributed by atoms with Crippen LogP contribution in [-0.4, -0.2) is 173 Å². The lowest BCUT2D eigenvalue weighted by Crippen LogP contribution is -2.61. The van der Waals surface area contributed by atoms with E-state index in [9.17, 15) is 47.9 Å². The van der Waals surface area contributed by atoms with Crippen LogP contribution >= 0.6 is 0 Å². The number of carboxylic acid groups (broad SMARTS) is 4. The predicted molar refractivity (Wildman–Crippen MR) is 331 cm³/mol. The highest BCUT2D eigenvalue weighted by Crippen LogP contribution is 2.44. The van der Waals surface area contributed by atoms with Gasteiger partial charge in [-0.3, -0.25) is 62.3 Å². The second-order valence-electron chi connectivity index (χ2n) is 16.7. The number of carboxylic acids is 4. The number of fused-ring (bicyclic) bond motifs is 1. The van der Waals surface area contributed by atoms with Gasteiger partial charge in [0.1, 0.15) is 35.2 Å². The Labute approximate surface area is 528 Å². The molecule has 4 atom stereocenters. The van der Waals surface area contributed by atoms with E-state index in [1.807, 2.05) is 36.4 Å². The van der Waals surface area contributed by atoms with Gasteiger partial charge in [-0.2, -0.15) is 0 Å². The Kier molecular flexibility index (Phi) is 97.4. The fraction of sp³-hybridized carbons (Fsp3) is 0.484. The van der Waals surface area contributed by atoms with Crippen molar-refractivity contribution in [2.45, 2.75) is 135 Å². The zero-order chi connectivity index (χ0) is 73.0. The van der Waals surface area contributed by atoms with Gasteiger partial charge in [0.25, 0.3) is 43.8 Å². The van der Waals surface area contributed by atoms with Gasteiger partial charge < -0.3 is 72.7 Å². The first kappa shape index (κ1) is 105. The van der Waals surface area contributed by atoms with Crippen molar-refractivity contribution in [3.63, 3.8) is 0 Å². The first-order valence-corrected chi connectivity index (χ1v) is 26.2. The summed E-state index contributed by atoms with van der Waals surface area (Å²) < 4.78 is 32.9. The van der Waals surface area contributed by atoms with Crippen molar-refractivity contribution in [1.29, 1.82) is 0 Å². The van der Waals surface area contributed by atoms with Crippen LogP contribution in [0.4, 0.5) is 0 Å². The number of carbonyl (C=O) groups excluding carboxylic acids is 12. The SMILES string of the molecule is C1CCCCC1.CC(=O)O.CC(=O)O.CC(=O)O.CC(C)=O.CC(C)=O.CC(C)=O.COC(=O)C1C(C(C)=O)C(OC=O)C1C(=O)O.COC(C)=O.COC(C)=O.COC(C)=O.COC=O.COC=O.COC=O.c1ccc2ccccc2c1.c1ccccc1. The molecule has 0 heterocycles. The van der Waals surface area contributed by atoms with Crippen LogP contribution in [0.2, 0.25) is 0 Å². The number of hydrogen-bond acceptors (Lipinski definition) is 24.